The van der Waals surface area contributed by atoms with Gasteiger partial charge in [0.2, 0.25) is 0 Å². The van der Waals surface area contributed by atoms with Gasteiger partial charge < -0.3 is 5.11 Å². The average Bonchev–Trinajstić information content (AvgIpc) is 2.54. The summed E-state index contributed by atoms with van der Waals surface area (Å²) in [5.41, 5.74) is 3.41. The lowest BCUT2D eigenvalue weighted by molar-refractivity contribution is -0.132. The van der Waals surface area contributed by atoms with Gasteiger partial charge in [0.05, 0.1) is 5.52 Å². The van der Waals surface area contributed by atoms with Gasteiger partial charge >= 0.3 is 5.97 Å². The van der Waals surface area contributed by atoms with Gasteiger partial charge in [-0.25, -0.2) is 9.18 Å². The van der Waals surface area contributed by atoms with E-state index in [1.54, 1.807) is 25.3 Å². The highest BCUT2D eigenvalue weighted by atomic mass is 19.1. The second-order valence-corrected chi connectivity index (χ2v) is 5.32. The SMILES string of the molecule is CC(=Cc1ccc2cc(-c3cccc(F)c3)cnc2c1)C(=O)O. The van der Waals surface area contributed by atoms with Crippen LogP contribution in [-0.2, 0) is 4.79 Å². The summed E-state index contributed by atoms with van der Waals surface area (Å²) in [4.78, 5) is 15.3. The zero-order valence-electron chi connectivity index (χ0n) is 12.5. The van der Waals surface area contributed by atoms with Crippen LogP contribution in [0.3, 0.4) is 0 Å². The lowest BCUT2D eigenvalue weighted by atomic mass is 10.0. The summed E-state index contributed by atoms with van der Waals surface area (Å²) in [6, 6.07) is 13.9. The maximum atomic E-state index is 13.3. The largest absolute Gasteiger partial charge is 0.478 e. The van der Waals surface area contributed by atoms with E-state index < -0.39 is 5.97 Å². The number of aliphatic carboxylic acids is 1. The van der Waals surface area contributed by atoms with E-state index >= 15 is 0 Å². The molecule has 114 valence electrons. The minimum atomic E-state index is -0.945. The Morgan fingerprint density at radius 1 is 1.13 bits per heavy atom. The molecule has 0 radical (unpaired) electrons. The van der Waals surface area contributed by atoms with Crippen LogP contribution in [0.15, 0.2) is 60.3 Å². The van der Waals surface area contributed by atoms with E-state index in [0.717, 1.165) is 27.6 Å². The van der Waals surface area contributed by atoms with Gasteiger partial charge in [0.1, 0.15) is 5.82 Å². The number of carboxylic acid groups (broad SMARTS) is 1. The fraction of sp³-hybridized carbons (Fsp3) is 0.0526. The molecule has 0 aliphatic carbocycles. The Bertz CT molecular complexity index is 932. The molecule has 4 heteroatoms. The van der Waals surface area contributed by atoms with E-state index in [1.165, 1.54) is 12.1 Å². The highest BCUT2D eigenvalue weighted by Crippen LogP contribution is 2.24. The van der Waals surface area contributed by atoms with Crippen LogP contribution in [0, 0.1) is 5.82 Å². The monoisotopic (exact) mass is 307 g/mol. The zero-order chi connectivity index (χ0) is 16.4. The van der Waals surface area contributed by atoms with Crippen LogP contribution in [0.2, 0.25) is 0 Å². The Labute approximate surface area is 132 Å². The first-order valence-corrected chi connectivity index (χ1v) is 7.10. The van der Waals surface area contributed by atoms with E-state index in [0.29, 0.717) is 0 Å². The molecule has 2 aromatic carbocycles. The summed E-state index contributed by atoms with van der Waals surface area (Å²) in [7, 11) is 0. The lowest BCUT2D eigenvalue weighted by Gasteiger charge is -2.05. The van der Waals surface area contributed by atoms with E-state index in [-0.39, 0.29) is 11.4 Å². The normalized spacial score (nSPS) is 11.7. The predicted molar refractivity (Wildman–Crippen MR) is 88.4 cm³/mol. The molecular weight excluding hydrogens is 293 g/mol. The topological polar surface area (TPSA) is 50.2 Å². The third kappa shape index (κ3) is 3.26. The molecule has 0 bridgehead atoms. The number of hydrogen-bond acceptors (Lipinski definition) is 2. The first-order valence-electron chi connectivity index (χ1n) is 7.10. The number of hydrogen-bond donors (Lipinski definition) is 1. The molecule has 0 aliphatic rings. The van der Waals surface area contributed by atoms with Crippen molar-refractivity contribution in [2.24, 2.45) is 0 Å². The van der Waals surface area contributed by atoms with Crippen molar-refractivity contribution >= 4 is 22.9 Å². The number of aromatic nitrogens is 1. The third-order valence-electron chi connectivity index (χ3n) is 3.59. The molecule has 0 fully saturated rings. The van der Waals surface area contributed by atoms with Gasteiger partial charge in [0, 0.05) is 22.7 Å². The van der Waals surface area contributed by atoms with Crippen LogP contribution in [0.25, 0.3) is 28.1 Å². The summed E-state index contributed by atoms with van der Waals surface area (Å²) >= 11 is 0. The summed E-state index contributed by atoms with van der Waals surface area (Å²) < 4.78 is 13.3. The van der Waals surface area contributed by atoms with E-state index in [2.05, 4.69) is 4.98 Å². The molecule has 1 heterocycles. The van der Waals surface area contributed by atoms with Gasteiger partial charge in [-0.1, -0.05) is 24.3 Å². The van der Waals surface area contributed by atoms with Crippen molar-refractivity contribution in [1.29, 1.82) is 0 Å². The molecule has 0 aliphatic heterocycles. The molecule has 23 heavy (non-hydrogen) atoms. The number of carboxylic acids is 1. The molecule has 0 atom stereocenters. The van der Waals surface area contributed by atoms with Crippen molar-refractivity contribution in [3.63, 3.8) is 0 Å². The maximum absolute atomic E-state index is 13.3. The second-order valence-electron chi connectivity index (χ2n) is 5.32. The second kappa shape index (κ2) is 6.01. The molecule has 0 saturated heterocycles. The van der Waals surface area contributed by atoms with Crippen molar-refractivity contribution < 1.29 is 14.3 Å². The Balaban J connectivity index is 2.02. The van der Waals surface area contributed by atoms with Crippen LogP contribution in [0.1, 0.15) is 12.5 Å². The summed E-state index contributed by atoms with van der Waals surface area (Å²) in [5, 5.41) is 9.84. The zero-order valence-corrected chi connectivity index (χ0v) is 12.5. The van der Waals surface area contributed by atoms with Crippen molar-refractivity contribution in [3.8, 4) is 11.1 Å². The standard InChI is InChI=1S/C19H14FNO2/c1-12(19(22)23)7-13-5-6-15-9-16(11-21-18(15)8-13)14-3-2-4-17(20)10-14/h2-11H,1H3,(H,22,23). The smallest absolute Gasteiger partial charge is 0.331 e. The van der Waals surface area contributed by atoms with Crippen molar-refractivity contribution in [1.82, 2.24) is 4.98 Å². The minimum absolute atomic E-state index is 0.265. The molecule has 3 nitrogen and oxygen atoms in total. The van der Waals surface area contributed by atoms with Crippen LogP contribution in [-0.4, -0.2) is 16.1 Å². The first-order chi connectivity index (χ1) is 11.0. The quantitative estimate of drug-likeness (QED) is 0.723. The number of pyridine rings is 1. The van der Waals surface area contributed by atoms with E-state index in [4.69, 9.17) is 5.11 Å². The van der Waals surface area contributed by atoms with E-state index in [9.17, 15) is 9.18 Å². The van der Waals surface area contributed by atoms with Crippen LogP contribution >= 0.6 is 0 Å². The highest BCUT2D eigenvalue weighted by Gasteiger charge is 2.04. The molecule has 1 aromatic heterocycles. The van der Waals surface area contributed by atoms with Gasteiger partial charge in [-0.3, -0.25) is 4.98 Å². The minimum Gasteiger partial charge on any atom is -0.478 e. The highest BCUT2D eigenvalue weighted by molar-refractivity contribution is 5.92. The van der Waals surface area contributed by atoms with Gasteiger partial charge in [0.15, 0.2) is 0 Å². The van der Waals surface area contributed by atoms with Crippen molar-refractivity contribution in [2.45, 2.75) is 6.92 Å². The summed E-state index contributed by atoms with van der Waals surface area (Å²) in [6.45, 7) is 1.55. The van der Waals surface area contributed by atoms with Gasteiger partial charge in [-0.15, -0.1) is 0 Å². The Morgan fingerprint density at radius 3 is 2.70 bits per heavy atom. The van der Waals surface area contributed by atoms with Gasteiger partial charge in [-0.05, 0) is 48.4 Å². The van der Waals surface area contributed by atoms with Crippen LogP contribution < -0.4 is 0 Å². The molecule has 0 amide bonds. The first kappa shape index (κ1) is 14.9. The molecule has 1 N–H and O–H groups in total. The average molecular weight is 307 g/mol. The number of halogens is 1. The molecule has 3 rings (SSSR count). The number of fused-ring (bicyclic) bond motifs is 1. The maximum Gasteiger partial charge on any atom is 0.331 e. The van der Waals surface area contributed by atoms with Crippen LogP contribution in [0.4, 0.5) is 4.39 Å². The van der Waals surface area contributed by atoms with Crippen molar-refractivity contribution in [3.05, 3.63) is 71.7 Å². The van der Waals surface area contributed by atoms with Crippen LogP contribution in [0.5, 0.6) is 0 Å². The fourth-order valence-electron chi connectivity index (χ4n) is 2.37. The third-order valence-corrected chi connectivity index (χ3v) is 3.59. The molecular formula is C19H14FNO2. The number of rotatable bonds is 3. The molecule has 0 spiro atoms. The van der Waals surface area contributed by atoms with E-state index in [1.807, 2.05) is 30.3 Å². The molecule has 0 saturated carbocycles. The van der Waals surface area contributed by atoms with Gasteiger partial charge in [0.25, 0.3) is 0 Å². The number of carbonyl (C=O) groups is 1. The summed E-state index contributed by atoms with van der Waals surface area (Å²) in [6.07, 6.45) is 3.29. The van der Waals surface area contributed by atoms with Gasteiger partial charge in [-0.2, -0.15) is 0 Å². The predicted octanol–water partition coefficient (Wildman–Crippen LogP) is 4.53. The Hall–Kier alpha value is -3.01. The number of benzene rings is 2. The summed E-state index contributed by atoms with van der Waals surface area (Å²) in [5.74, 6) is -1.23. The fourth-order valence-corrected chi connectivity index (χ4v) is 2.37. The Morgan fingerprint density at radius 2 is 1.96 bits per heavy atom. The lowest BCUT2D eigenvalue weighted by Crippen LogP contribution is -1.95. The molecule has 3 aromatic rings. The molecule has 0 unspecified atom stereocenters. The Kier molecular flexibility index (Phi) is 3.89. The number of nitrogens with zero attached hydrogens (tertiary/aromatic N) is 1. The van der Waals surface area contributed by atoms with Crippen molar-refractivity contribution in [2.75, 3.05) is 0 Å².